The van der Waals surface area contributed by atoms with Gasteiger partial charge < -0.3 is 9.30 Å². The van der Waals surface area contributed by atoms with Crippen LogP contribution in [0.4, 0.5) is 13.2 Å². The molecule has 2 heterocycles. The summed E-state index contributed by atoms with van der Waals surface area (Å²) in [6, 6.07) is 11.5. The van der Waals surface area contributed by atoms with Crippen LogP contribution in [0, 0.1) is 17.8 Å². The third-order valence-corrected chi connectivity index (χ3v) is 7.06. The molecule has 192 valence electrons. The molecule has 0 bridgehead atoms. The van der Waals surface area contributed by atoms with Crippen LogP contribution in [-0.2, 0) is 16.1 Å². The second kappa shape index (κ2) is 9.18. The maximum absolute atomic E-state index is 13.6. The van der Waals surface area contributed by atoms with E-state index in [-0.39, 0.29) is 28.6 Å². The van der Waals surface area contributed by atoms with Crippen LogP contribution in [0.1, 0.15) is 59.4 Å². The maximum Gasteiger partial charge on any atom is 0.454 e. The molecule has 0 saturated heterocycles. The van der Waals surface area contributed by atoms with Crippen molar-refractivity contribution in [3.63, 3.8) is 0 Å². The van der Waals surface area contributed by atoms with Crippen LogP contribution in [0.15, 0.2) is 53.1 Å². The summed E-state index contributed by atoms with van der Waals surface area (Å²) in [4.78, 5) is 39.3. The molecule has 1 aromatic heterocycles. The molecule has 9 heteroatoms. The zero-order valence-electron chi connectivity index (χ0n) is 20.3. The van der Waals surface area contributed by atoms with Crippen LogP contribution in [0.5, 0.6) is 0 Å². The van der Waals surface area contributed by atoms with Crippen molar-refractivity contribution in [1.29, 1.82) is 0 Å². The lowest BCUT2D eigenvalue weighted by Gasteiger charge is -2.40. The second-order valence-corrected chi connectivity index (χ2v) is 10.9. The zero-order valence-corrected chi connectivity index (χ0v) is 21.9. The first-order chi connectivity index (χ1) is 17.2. The Kier molecular flexibility index (Phi) is 6.62. The van der Waals surface area contributed by atoms with Crippen LogP contribution in [0.25, 0.3) is 10.9 Å². The highest BCUT2D eigenvalue weighted by Crippen LogP contribution is 2.50. The van der Waals surface area contributed by atoms with E-state index in [0.29, 0.717) is 16.6 Å². The number of rotatable bonds is 5. The molecule has 2 aromatic carbocycles. The third-order valence-electron chi connectivity index (χ3n) is 6.40. The molecule has 0 saturated carbocycles. The van der Waals surface area contributed by atoms with E-state index >= 15 is 0 Å². The summed E-state index contributed by atoms with van der Waals surface area (Å²) in [5.41, 5.74) is -2.11. The quantitative estimate of drug-likeness (QED) is 0.199. The van der Waals surface area contributed by atoms with Crippen LogP contribution < -0.4 is 0 Å². The number of ether oxygens (including phenoxy) is 1. The molecule has 0 spiro atoms. The average Bonchev–Trinajstić information content (AvgIpc) is 3.20. The van der Waals surface area contributed by atoms with Gasteiger partial charge in [-0.25, -0.2) is 0 Å². The van der Waals surface area contributed by atoms with Crippen molar-refractivity contribution in [2.24, 2.45) is 5.41 Å². The van der Waals surface area contributed by atoms with Crippen molar-refractivity contribution >= 4 is 44.4 Å². The molecular weight excluding hydrogens is 551 g/mol. The van der Waals surface area contributed by atoms with Crippen LogP contribution in [0.3, 0.4) is 0 Å². The van der Waals surface area contributed by atoms with Crippen LogP contribution in [-0.4, -0.2) is 33.9 Å². The van der Waals surface area contributed by atoms with Gasteiger partial charge in [-0.05, 0) is 32.4 Å². The summed E-state index contributed by atoms with van der Waals surface area (Å²) in [6.45, 7) is 4.74. The number of halogens is 4. The SMILES string of the molecule is C#CC1(C(=O)OC(C)(C)C)Cn2cc(C(=O)C(F)(F)F)c3c(Br)ccc(c32)C1CC(=O)c1ccccc1. The fraction of sp³-hybridized carbons (Fsp3) is 0.321. The standard InChI is InChI=1S/C28H23BrF3NO4/c1-5-27(25(36)37-26(2,3)4)15-33-14-18(24(35)28(30,31)32)22-20(29)12-11-17(23(22)33)19(27)13-21(34)16-9-7-6-8-10-16/h1,6-12,14,19H,13,15H2,2-4H3. The minimum absolute atomic E-state index is 0.0480. The average molecular weight is 574 g/mol. The fourth-order valence-electron chi connectivity index (χ4n) is 4.80. The zero-order chi connectivity index (χ0) is 27.3. The van der Waals surface area contributed by atoms with Crippen molar-refractivity contribution in [3.05, 3.63) is 69.8 Å². The number of hydrogen-bond donors (Lipinski definition) is 0. The highest BCUT2D eigenvalue weighted by Gasteiger charge is 2.53. The second-order valence-electron chi connectivity index (χ2n) is 10.0. The number of aromatic nitrogens is 1. The first-order valence-electron chi connectivity index (χ1n) is 11.4. The topological polar surface area (TPSA) is 65.4 Å². The molecule has 5 nitrogen and oxygen atoms in total. The van der Waals surface area contributed by atoms with E-state index in [9.17, 15) is 27.6 Å². The van der Waals surface area contributed by atoms with E-state index in [1.165, 1.54) is 10.6 Å². The summed E-state index contributed by atoms with van der Waals surface area (Å²) in [7, 11) is 0. The molecule has 0 fully saturated rings. The van der Waals surface area contributed by atoms with E-state index in [4.69, 9.17) is 11.2 Å². The van der Waals surface area contributed by atoms with Gasteiger partial charge in [0.2, 0.25) is 0 Å². The number of alkyl halides is 3. The molecule has 0 radical (unpaired) electrons. The van der Waals surface area contributed by atoms with Crippen molar-refractivity contribution in [3.8, 4) is 12.3 Å². The van der Waals surface area contributed by atoms with Gasteiger partial charge in [0.05, 0.1) is 17.6 Å². The maximum atomic E-state index is 13.6. The van der Waals surface area contributed by atoms with E-state index in [2.05, 4.69) is 21.9 Å². The first kappa shape index (κ1) is 26.7. The van der Waals surface area contributed by atoms with Crippen molar-refractivity contribution < 1.29 is 32.3 Å². The number of hydrogen-bond acceptors (Lipinski definition) is 4. The van der Waals surface area contributed by atoms with Crippen molar-refractivity contribution in [2.45, 2.75) is 51.4 Å². The Hall–Kier alpha value is -3.38. The highest BCUT2D eigenvalue weighted by molar-refractivity contribution is 9.10. The van der Waals surface area contributed by atoms with Crippen molar-refractivity contribution in [2.75, 3.05) is 0 Å². The molecule has 2 atom stereocenters. The van der Waals surface area contributed by atoms with Gasteiger partial charge in [0.1, 0.15) is 5.60 Å². The van der Waals surface area contributed by atoms with E-state index in [1.54, 1.807) is 57.2 Å². The molecule has 1 aliphatic heterocycles. The van der Waals surface area contributed by atoms with Gasteiger partial charge in [-0.3, -0.25) is 14.4 Å². The lowest BCUT2D eigenvalue weighted by atomic mass is 9.67. The Morgan fingerprint density at radius 3 is 2.35 bits per heavy atom. The number of carbonyl (C=O) groups is 3. The predicted octanol–water partition coefficient (Wildman–Crippen LogP) is 6.48. The van der Waals surface area contributed by atoms with E-state index in [0.717, 1.165) is 6.20 Å². The minimum atomic E-state index is -5.11. The Labute approximate surface area is 220 Å². The largest absolute Gasteiger partial charge is 0.459 e. The third kappa shape index (κ3) is 4.71. The number of carbonyl (C=O) groups excluding carboxylic acids is 3. The first-order valence-corrected chi connectivity index (χ1v) is 12.2. The van der Waals surface area contributed by atoms with Gasteiger partial charge in [0, 0.05) is 34.0 Å². The van der Waals surface area contributed by atoms with E-state index in [1.807, 2.05) is 0 Å². The molecule has 0 amide bonds. The van der Waals surface area contributed by atoms with Gasteiger partial charge in [0.25, 0.3) is 5.78 Å². The number of benzene rings is 2. The Morgan fingerprint density at radius 1 is 1.14 bits per heavy atom. The number of esters is 1. The number of ketones is 2. The van der Waals surface area contributed by atoms with Crippen molar-refractivity contribution in [1.82, 2.24) is 4.57 Å². The molecule has 4 rings (SSSR count). The summed E-state index contributed by atoms with van der Waals surface area (Å²) < 4.78 is 47.7. The Balaban J connectivity index is 1.97. The summed E-state index contributed by atoms with van der Waals surface area (Å²) in [6.07, 6.45) is 1.74. The lowest BCUT2D eigenvalue weighted by molar-refractivity contribution is -0.166. The van der Waals surface area contributed by atoms with Gasteiger partial charge in [-0.1, -0.05) is 58.2 Å². The summed E-state index contributed by atoms with van der Waals surface area (Å²) >= 11 is 3.27. The van der Waals surface area contributed by atoms with E-state index < -0.39 is 40.4 Å². The normalized spacial score (nSPS) is 19.4. The number of nitrogens with zero attached hydrogens (tertiary/aromatic N) is 1. The van der Waals surface area contributed by atoms with Gasteiger partial charge >= 0.3 is 12.1 Å². The smallest absolute Gasteiger partial charge is 0.454 e. The van der Waals surface area contributed by atoms with Crippen LogP contribution in [0.2, 0.25) is 0 Å². The predicted molar refractivity (Wildman–Crippen MR) is 135 cm³/mol. The van der Waals surface area contributed by atoms with Gasteiger partial charge in [-0.15, -0.1) is 6.42 Å². The molecular formula is C28H23BrF3NO4. The molecule has 0 N–H and O–H groups in total. The van der Waals surface area contributed by atoms with Gasteiger partial charge in [-0.2, -0.15) is 13.2 Å². The molecule has 1 aliphatic rings. The Morgan fingerprint density at radius 2 is 1.78 bits per heavy atom. The fourth-order valence-corrected chi connectivity index (χ4v) is 5.33. The number of Topliss-reactive ketones (excluding diaryl/α,β-unsaturated/α-hetero) is 2. The van der Waals surface area contributed by atoms with Crippen LogP contribution >= 0.6 is 15.9 Å². The number of terminal acetylenes is 1. The van der Waals surface area contributed by atoms with Gasteiger partial charge in [0.15, 0.2) is 11.2 Å². The molecule has 2 unspecified atom stereocenters. The Bertz CT molecular complexity index is 1460. The molecule has 3 aromatic rings. The highest BCUT2D eigenvalue weighted by atomic mass is 79.9. The summed E-state index contributed by atoms with van der Waals surface area (Å²) in [5.74, 6) is -1.46. The minimum Gasteiger partial charge on any atom is -0.459 e. The molecule has 37 heavy (non-hydrogen) atoms. The monoisotopic (exact) mass is 573 g/mol. The summed E-state index contributed by atoms with van der Waals surface area (Å²) in [5, 5.41) is 0.0480. The molecule has 0 aliphatic carbocycles. The lowest BCUT2D eigenvalue weighted by Crippen LogP contribution is -2.46.